The molecule has 0 amide bonds. The average molecular weight is 247 g/mol. The maximum absolute atomic E-state index is 2.67. The van der Waals surface area contributed by atoms with Crippen molar-refractivity contribution < 1.29 is 0 Å². The Balaban J connectivity index is 0.000000771. The SMILES string of the molecule is CC.CCC(C)C(c1ccccc1)N1CCCC1. The molecule has 1 heteroatoms. The van der Waals surface area contributed by atoms with Gasteiger partial charge in [0.2, 0.25) is 0 Å². The molecule has 102 valence electrons. The molecule has 1 saturated heterocycles. The van der Waals surface area contributed by atoms with Crippen LogP contribution < -0.4 is 0 Å². The van der Waals surface area contributed by atoms with Crippen LogP contribution in [0.1, 0.15) is 58.6 Å². The maximum Gasteiger partial charge on any atom is 0.0373 e. The van der Waals surface area contributed by atoms with Gasteiger partial charge in [-0.15, -0.1) is 0 Å². The van der Waals surface area contributed by atoms with Crippen LogP contribution in [0.4, 0.5) is 0 Å². The van der Waals surface area contributed by atoms with E-state index in [0.717, 1.165) is 5.92 Å². The van der Waals surface area contributed by atoms with Crippen molar-refractivity contribution in [3.8, 4) is 0 Å². The van der Waals surface area contributed by atoms with Crippen LogP contribution in [0.3, 0.4) is 0 Å². The van der Waals surface area contributed by atoms with Crippen LogP contribution in [0, 0.1) is 5.92 Å². The Morgan fingerprint density at radius 1 is 1.06 bits per heavy atom. The van der Waals surface area contributed by atoms with Gasteiger partial charge in [-0.2, -0.15) is 0 Å². The quantitative estimate of drug-likeness (QED) is 0.731. The Kier molecular flexibility index (Phi) is 7.04. The third-order valence-electron chi connectivity index (χ3n) is 3.86. The van der Waals surface area contributed by atoms with Crippen molar-refractivity contribution in [1.29, 1.82) is 0 Å². The minimum absolute atomic E-state index is 0.633. The zero-order valence-electron chi connectivity index (χ0n) is 12.5. The Hall–Kier alpha value is -0.820. The number of likely N-dealkylation sites (tertiary alicyclic amines) is 1. The zero-order chi connectivity index (χ0) is 13.4. The highest BCUT2D eigenvalue weighted by Gasteiger charge is 2.26. The predicted octanol–water partition coefficient (Wildman–Crippen LogP) is 4.90. The van der Waals surface area contributed by atoms with E-state index in [1.807, 2.05) is 13.8 Å². The molecule has 0 radical (unpaired) electrons. The topological polar surface area (TPSA) is 3.24 Å². The first-order chi connectivity index (χ1) is 8.83. The monoisotopic (exact) mass is 247 g/mol. The molecule has 0 spiro atoms. The van der Waals surface area contributed by atoms with Gasteiger partial charge in [0, 0.05) is 6.04 Å². The highest BCUT2D eigenvalue weighted by atomic mass is 15.2. The summed E-state index contributed by atoms with van der Waals surface area (Å²) in [5, 5.41) is 0. The summed E-state index contributed by atoms with van der Waals surface area (Å²) < 4.78 is 0. The van der Waals surface area contributed by atoms with Crippen molar-refractivity contribution >= 4 is 0 Å². The van der Waals surface area contributed by atoms with Crippen molar-refractivity contribution in [2.75, 3.05) is 13.1 Å². The zero-order valence-corrected chi connectivity index (χ0v) is 12.5. The van der Waals surface area contributed by atoms with Crippen LogP contribution in [0.25, 0.3) is 0 Å². The molecule has 1 fully saturated rings. The van der Waals surface area contributed by atoms with E-state index in [4.69, 9.17) is 0 Å². The summed E-state index contributed by atoms with van der Waals surface area (Å²) in [5.41, 5.74) is 1.50. The largest absolute Gasteiger partial charge is 0.296 e. The lowest BCUT2D eigenvalue weighted by Gasteiger charge is -2.32. The number of benzene rings is 1. The Morgan fingerprint density at radius 2 is 1.61 bits per heavy atom. The Morgan fingerprint density at radius 3 is 2.11 bits per heavy atom. The fourth-order valence-corrected chi connectivity index (χ4v) is 2.79. The van der Waals surface area contributed by atoms with E-state index >= 15 is 0 Å². The maximum atomic E-state index is 2.67. The van der Waals surface area contributed by atoms with Gasteiger partial charge in [-0.05, 0) is 37.4 Å². The first kappa shape index (κ1) is 15.2. The van der Waals surface area contributed by atoms with Crippen molar-refractivity contribution in [3.05, 3.63) is 35.9 Å². The number of rotatable bonds is 4. The number of nitrogens with zero attached hydrogens (tertiary/aromatic N) is 1. The van der Waals surface area contributed by atoms with Crippen molar-refractivity contribution in [2.45, 2.75) is 53.0 Å². The van der Waals surface area contributed by atoms with E-state index in [0.29, 0.717) is 6.04 Å². The van der Waals surface area contributed by atoms with E-state index in [-0.39, 0.29) is 0 Å². The van der Waals surface area contributed by atoms with E-state index in [2.05, 4.69) is 49.1 Å². The van der Waals surface area contributed by atoms with Gasteiger partial charge in [0.1, 0.15) is 0 Å². The van der Waals surface area contributed by atoms with Crippen LogP contribution >= 0.6 is 0 Å². The third-order valence-corrected chi connectivity index (χ3v) is 3.86. The lowest BCUT2D eigenvalue weighted by Crippen LogP contribution is -2.30. The predicted molar refractivity (Wildman–Crippen MR) is 80.8 cm³/mol. The third kappa shape index (κ3) is 3.84. The smallest absolute Gasteiger partial charge is 0.0373 e. The van der Waals surface area contributed by atoms with Gasteiger partial charge in [-0.3, -0.25) is 4.90 Å². The average Bonchev–Trinajstić information content (AvgIpc) is 2.96. The van der Waals surface area contributed by atoms with Crippen LogP contribution in [-0.4, -0.2) is 18.0 Å². The molecule has 1 aromatic carbocycles. The summed E-state index contributed by atoms with van der Waals surface area (Å²) in [6.07, 6.45) is 4.01. The van der Waals surface area contributed by atoms with Gasteiger partial charge in [0.05, 0.1) is 0 Å². The lowest BCUT2D eigenvalue weighted by molar-refractivity contribution is 0.181. The molecular formula is C17H29N. The fraction of sp³-hybridized carbons (Fsp3) is 0.647. The van der Waals surface area contributed by atoms with Gasteiger partial charge in [-0.25, -0.2) is 0 Å². The van der Waals surface area contributed by atoms with Crippen LogP contribution in [0.5, 0.6) is 0 Å². The highest BCUT2D eigenvalue weighted by Crippen LogP contribution is 2.32. The van der Waals surface area contributed by atoms with Crippen molar-refractivity contribution in [1.82, 2.24) is 4.90 Å². The highest BCUT2D eigenvalue weighted by molar-refractivity contribution is 5.20. The van der Waals surface area contributed by atoms with E-state index in [1.165, 1.54) is 37.9 Å². The summed E-state index contributed by atoms with van der Waals surface area (Å²) >= 11 is 0. The van der Waals surface area contributed by atoms with Gasteiger partial charge in [0.15, 0.2) is 0 Å². The Bertz CT molecular complexity index is 301. The molecule has 0 aliphatic carbocycles. The van der Waals surface area contributed by atoms with Gasteiger partial charge in [0.25, 0.3) is 0 Å². The van der Waals surface area contributed by atoms with Gasteiger partial charge < -0.3 is 0 Å². The molecule has 0 bridgehead atoms. The molecule has 2 rings (SSSR count). The van der Waals surface area contributed by atoms with Crippen molar-refractivity contribution in [2.24, 2.45) is 5.92 Å². The van der Waals surface area contributed by atoms with Crippen LogP contribution in [0.15, 0.2) is 30.3 Å². The molecular weight excluding hydrogens is 218 g/mol. The van der Waals surface area contributed by atoms with Gasteiger partial charge >= 0.3 is 0 Å². The molecule has 1 nitrogen and oxygen atoms in total. The van der Waals surface area contributed by atoms with Crippen molar-refractivity contribution in [3.63, 3.8) is 0 Å². The van der Waals surface area contributed by atoms with Gasteiger partial charge in [-0.1, -0.05) is 64.4 Å². The summed E-state index contributed by atoms with van der Waals surface area (Å²) in [6, 6.07) is 11.7. The summed E-state index contributed by atoms with van der Waals surface area (Å²) in [5.74, 6) is 0.750. The number of hydrogen-bond donors (Lipinski definition) is 0. The molecule has 0 N–H and O–H groups in total. The molecule has 18 heavy (non-hydrogen) atoms. The standard InChI is InChI=1S/C15H23N.C2H6/c1-3-13(2)15(16-11-7-8-12-16)14-9-5-4-6-10-14;1-2/h4-6,9-10,13,15H,3,7-8,11-12H2,1-2H3;1-2H3. The van der Waals surface area contributed by atoms with E-state index < -0.39 is 0 Å². The summed E-state index contributed by atoms with van der Waals surface area (Å²) in [7, 11) is 0. The second kappa shape index (κ2) is 8.31. The second-order valence-electron chi connectivity index (χ2n) is 4.98. The van der Waals surface area contributed by atoms with Crippen LogP contribution in [-0.2, 0) is 0 Å². The van der Waals surface area contributed by atoms with E-state index in [1.54, 1.807) is 0 Å². The first-order valence-corrected chi connectivity index (χ1v) is 7.62. The van der Waals surface area contributed by atoms with Crippen LogP contribution in [0.2, 0.25) is 0 Å². The molecule has 0 aromatic heterocycles. The summed E-state index contributed by atoms with van der Waals surface area (Å²) in [6.45, 7) is 11.3. The lowest BCUT2D eigenvalue weighted by atomic mass is 9.91. The molecule has 1 heterocycles. The Labute approximate surface area is 113 Å². The second-order valence-corrected chi connectivity index (χ2v) is 4.98. The normalized spacial score (nSPS) is 18.9. The fourth-order valence-electron chi connectivity index (χ4n) is 2.79. The molecule has 1 aliphatic rings. The molecule has 0 saturated carbocycles. The minimum Gasteiger partial charge on any atom is -0.296 e. The first-order valence-electron chi connectivity index (χ1n) is 7.62. The van der Waals surface area contributed by atoms with E-state index in [9.17, 15) is 0 Å². The molecule has 2 unspecified atom stereocenters. The number of hydrogen-bond acceptors (Lipinski definition) is 1. The molecule has 2 atom stereocenters. The summed E-state index contributed by atoms with van der Waals surface area (Å²) in [4.78, 5) is 2.67. The minimum atomic E-state index is 0.633. The molecule has 1 aliphatic heterocycles. The molecule has 1 aromatic rings.